The molecule has 8 rings (SSSR count). The van der Waals surface area contributed by atoms with Crippen molar-refractivity contribution in [2.45, 2.75) is 39.5 Å². The largest absolute Gasteiger partial charge is 0.493 e. The number of carbonyl (C=O) groups is 3. The number of nitrogens with one attached hydrogen (secondary N) is 2. The Bertz CT molecular complexity index is 2110. The van der Waals surface area contributed by atoms with Crippen LogP contribution in [0.15, 0.2) is 72.8 Å². The zero-order chi connectivity index (χ0) is 34.2. The van der Waals surface area contributed by atoms with Crippen LogP contribution in [0.4, 0.5) is 0 Å². The average molecular weight is 661 g/mol. The summed E-state index contributed by atoms with van der Waals surface area (Å²) in [5.74, 6) is 0.538. The Kier molecular flexibility index (Phi) is 8.37. The number of rotatable bonds is 2. The number of amides is 3. The molecule has 0 radical (unpaired) electrons. The van der Waals surface area contributed by atoms with Crippen molar-refractivity contribution in [1.29, 1.82) is 0 Å². The first-order valence-corrected chi connectivity index (χ1v) is 16.0. The zero-order valence-electron chi connectivity index (χ0n) is 27.6. The van der Waals surface area contributed by atoms with Crippen LogP contribution in [-0.2, 0) is 11.3 Å². The number of methoxy groups -OCH3 is 1. The number of aromatic nitrogens is 3. The van der Waals surface area contributed by atoms with Crippen molar-refractivity contribution in [2.24, 2.45) is 0 Å². The molecule has 2 atom stereocenters. The Hall–Kier alpha value is -5.91. The normalized spacial score (nSPS) is 17.8. The second-order valence-corrected chi connectivity index (χ2v) is 12.4. The lowest BCUT2D eigenvalue weighted by Crippen LogP contribution is -2.45. The number of nitrogens with zero attached hydrogens (tertiary/aromatic N) is 4. The fourth-order valence-electron chi connectivity index (χ4n) is 6.31. The number of aryl methyl sites for hydroxylation is 3. The minimum Gasteiger partial charge on any atom is -0.493 e. The number of benzene rings is 3. The Morgan fingerprint density at radius 1 is 0.959 bits per heavy atom. The minimum absolute atomic E-state index is 0.160. The summed E-state index contributed by atoms with van der Waals surface area (Å²) in [7, 11) is 1.53. The van der Waals surface area contributed by atoms with Gasteiger partial charge >= 0.3 is 0 Å². The Labute approximate surface area is 283 Å². The van der Waals surface area contributed by atoms with Gasteiger partial charge in [0.25, 0.3) is 17.7 Å². The van der Waals surface area contributed by atoms with E-state index in [4.69, 9.17) is 14.2 Å². The van der Waals surface area contributed by atoms with Gasteiger partial charge in [0.15, 0.2) is 29.4 Å². The second-order valence-electron chi connectivity index (χ2n) is 12.4. The van der Waals surface area contributed by atoms with E-state index in [9.17, 15) is 14.4 Å². The highest BCUT2D eigenvalue weighted by Gasteiger charge is 2.39. The molecule has 0 spiro atoms. The monoisotopic (exact) mass is 660 g/mol. The van der Waals surface area contributed by atoms with Gasteiger partial charge in [-0.25, -0.2) is 9.50 Å². The van der Waals surface area contributed by atoms with Crippen molar-refractivity contribution in [3.05, 3.63) is 107 Å². The highest BCUT2D eigenvalue weighted by Crippen LogP contribution is 2.32. The fourth-order valence-corrected chi connectivity index (χ4v) is 6.31. The predicted molar refractivity (Wildman–Crippen MR) is 181 cm³/mol. The molecule has 3 aromatic carbocycles. The summed E-state index contributed by atoms with van der Waals surface area (Å²) in [6, 6.07) is 21.3. The lowest BCUT2D eigenvalue weighted by molar-refractivity contribution is -0.123. The highest BCUT2D eigenvalue weighted by atomic mass is 16.5. The molecule has 5 heterocycles. The molecule has 0 saturated carbocycles. The fraction of sp³-hybridized carbons (Fsp3) is 0.270. The SMILES string of the molecule is COc1cc2ccc1O[C@H]1CN(C(=O)c3cc4nc(C)cc(C)n4n3)C[C@@H]1NC(=O)c1ccc(C)c(c1)-c1cccc(c1)OCC(=O)NC2. The van der Waals surface area contributed by atoms with Crippen molar-refractivity contribution in [3.8, 4) is 28.4 Å². The van der Waals surface area contributed by atoms with Crippen LogP contribution in [0.3, 0.4) is 0 Å². The van der Waals surface area contributed by atoms with Gasteiger partial charge < -0.3 is 29.7 Å². The van der Waals surface area contributed by atoms with Gasteiger partial charge in [-0.3, -0.25) is 14.4 Å². The highest BCUT2D eigenvalue weighted by molar-refractivity contribution is 5.97. The van der Waals surface area contributed by atoms with Gasteiger partial charge in [0.1, 0.15) is 11.9 Å². The quantitative estimate of drug-likeness (QED) is 0.290. The molecule has 250 valence electrons. The second kappa shape index (κ2) is 12.9. The first-order valence-electron chi connectivity index (χ1n) is 16.0. The summed E-state index contributed by atoms with van der Waals surface area (Å²) in [6.45, 7) is 6.25. The molecule has 12 nitrogen and oxygen atoms in total. The third kappa shape index (κ3) is 6.49. The summed E-state index contributed by atoms with van der Waals surface area (Å²) < 4.78 is 19.6. The molecule has 2 aromatic heterocycles. The van der Waals surface area contributed by atoms with Gasteiger partial charge in [-0.2, -0.15) is 5.10 Å². The van der Waals surface area contributed by atoms with Gasteiger partial charge in [0.05, 0.1) is 19.7 Å². The molecule has 3 aliphatic heterocycles. The van der Waals surface area contributed by atoms with E-state index in [0.717, 1.165) is 33.6 Å². The van der Waals surface area contributed by atoms with Crippen molar-refractivity contribution in [3.63, 3.8) is 0 Å². The summed E-state index contributed by atoms with van der Waals surface area (Å²) in [6.07, 6.45) is -0.615. The molecule has 0 aliphatic carbocycles. The maximum absolute atomic E-state index is 13.9. The van der Waals surface area contributed by atoms with Gasteiger partial charge in [-0.1, -0.05) is 24.3 Å². The lowest BCUT2D eigenvalue weighted by atomic mass is 9.97. The van der Waals surface area contributed by atoms with E-state index in [2.05, 4.69) is 20.7 Å². The van der Waals surface area contributed by atoms with E-state index in [-0.39, 0.29) is 49.7 Å². The molecular formula is C37H36N6O6. The van der Waals surface area contributed by atoms with E-state index in [1.807, 2.05) is 63.2 Å². The lowest BCUT2D eigenvalue weighted by Gasteiger charge is -2.23. The number of likely N-dealkylation sites (tertiary alicyclic amines) is 1. The van der Waals surface area contributed by atoms with E-state index in [1.165, 1.54) is 7.11 Å². The molecule has 0 unspecified atom stereocenters. The molecule has 5 aromatic rings. The van der Waals surface area contributed by atoms with Crippen LogP contribution in [-0.4, -0.2) is 76.2 Å². The third-order valence-corrected chi connectivity index (χ3v) is 8.83. The van der Waals surface area contributed by atoms with E-state index >= 15 is 0 Å². The topological polar surface area (TPSA) is 136 Å². The standard InChI is InChI=1S/C37H36N6O6/c1-21-8-10-26-15-28(21)25-6-5-7-27(14-25)48-20-35(44)38-17-24-9-11-31(32(13-24)47-4)49-33-19-42(18-30(33)40-36(26)45)37(46)29-16-34-39-22(2)12-23(3)43(34)41-29/h5-16,30,33H,17-20H2,1-4H3,(H,38,44)(H,40,45)/t30-,33-/m0/s1. The molecule has 6 bridgehead atoms. The Balaban J connectivity index is 1.24. The summed E-state index contributed by atoms with van der Waals surface area (Å²) in [4.78, 5) is 46.5. The van der Waals surface area contributed by atoms with Crippen LogP contribution < -0.4 is 24.8 Å². The van der Waals surface area contributed by atoms with Crippen LogP contribution in [0.1, 0.15) is 43.4 Å². The average Bonchev–Trinajstić information content (AvgIpc) is 3.70. The Morgan fingerprint density at radius 3 is 2.65 bits per heavy atom. The van der Waals surface area contributed by atoms with Crippen LogP contribution >= 0.6 is 0 Å². The van der Waals surface area contributed by atoms with Crippen molar-refractivity contribution >= 4 is 23.4 Å². The van der Waals surface area contributed by atoms with Crippen molar-refractivity contribution in [1.82, 2.24) is 30.1 Å². The van der Waals surface area contributed by atoms with E-state index in [0.29, 0.717) is 28.5 Å². The van der Waals surface area contributed by atoms with Crippen LogP contribution in [0.5, 0.6) is 17.2 Å². The molecule has 49 heavy (non-hydrogen) atoms. The minimum atomic E-state index is -0.615. The summed E-state index contributed by atoms with van der Waals surface area (Å²) >= 11 is 0. The first-order chi connectivity index (χ1) is 23.6. The van der Waals surface area contributed by atoms with Crippen LogP contribution in [0.2, 0.25) is 0 Å². The summed E-state index contributed by atoms with van der Waals surface area (Å²) in [5, 5.41) is 10.6. The summed E-state index contributed by atoms with van der Waals surface area (Å²) in [5.41, 5.74) is 6.43. The maximum Gasteiger partial charge on any atom is 0.274 e. The van der Waals surface area contributed by atoms with E-state index < -0.39 is 12.1 Å². The zero-order valence-corrected chi connectivity index (χ0v) is 27.6. The maximum atomic E-state index is 13.9. The molecule has 2 N–H and O–H groups in total. The molecule has 3 amide bonds. The molecule has 1 saturated heterocycles. The van der Waals surface area contributed by atoms with Crippen molar-refractivity contribution in [2.75, 3.05) is 26.8 Å². The predicted octanol–water partition coefficient (Wildman–Crippen LogP) is 4.04. The molecular weight excluding hydrogens is 624 g/mol. The number of hydrogen-bond acceptors (Lipinski definition) is 8. The van der Waals surface area contributed by atoms with Gasteiger partial charge in [0, 0.05) is 36.1 Å². The van der Waals surface area contributed by atoms with Gasteiger partial charge in [0.2, 0.25) is 0 Å². The smallest absolute Gasteiger partial charge is 0.274 e. The molecule has 12 heteroatoms. The Morgan fingerprint density at radius 2 is 1.82 bits per heavy atom. The van der Waals surface area contributed by atoms with Crippen molar-refractivity contribution < 1.29 is 28.6 Å². The first kappa shape index (κ1) is 31.7. The van der Waals surface area contributed by atoms with E-state index in [1.54, 1.807) is 39.7 Å². The van der Waals surface area contributed by atoms with Crippen LogP contribution in [0, 0.1) is 20.8 Å². The molecule has 3 aliphatic rings. The van der Waals surface area contributed by atoms with Crippen LogP contribution in [0.25, 0.3) is 16.8 Å². The number of hydrogen-bond donors (Lipinski definition) is 2. The van der Waals surface area contributed by atoms with Gasteiger partial charge in [-0.05, 0) is 85.5 Å². The number of fused-ring (bicyclic) bond motifs is 8. The third-order valence-electron chi connectivity index (χ3n) is 8.83. The molecule has 1 fully saturated rings. The number of ether oxygens (including phenoxy) is 3. The number of carbonyl (C=O) groups excluding carboxylic acids is 3. The van der Waals surface area contributed by atoms with Gasteiger partial charge in [-0.15, -0.1) is 0 Å².